The number of carbonyl (C=O) groups is 2. The van der Waals surface area contributed by atoms with Crippen LogP contribution >= 0.6 is 7.82 Å². The number of aliphatic hydroxyl groups excluding tert-OH is 3. The summed E-state index contributed by atoms with van der Waals surface area (Å²) < 4.78 is 38.3. The van der Waals surface area contributed by atoms with E-state index in [2.05, 4.69) is 26.0 Å². The first-order valence-electron chi connectivity index (χ1n) is 20.9. The molecule has 6 N–H and O–H groups in total. The molecule has 55 heavy (non-hydrogen) atoms. The molecule has 0 aromatic carbocycles. The third-order valence-electron chi connectivity index (χ3n) is 9.29. The molecule has 14 heteroatoms. The zero-order valence-corrected chi connectivity index (χ0v) is 34.6. The number of phosphoric acid groups is 1. The monoisotopic (exact) mass is 803 g/mol. The van der Waals surface area contributed by atoms with Crippen LogP contribution in [0.4, 0.5) is 0 Å². The van der Waals surface area contributed by atoms with Gasteiger partial charge in [0.2, 0.25) is 0 Å². The van der Waals surface area contributed by atoms with Gasteiger partial charge in [-0.15, -0.1) is 0 Å². The summed E-state index contributed by atoms with van der Waals surface area (Å²) in [5, 5.41) is 30.9. The van der Waals surface area contributed by atoms with E-state index in [1.165, 1.54) is 25.7 Å². The van der Waals surface area contributed by atoms with Crippen molar-refractivity contribution in [3.05, 3.63) is 36.5 Å². The van der Waals surface area contributed by atoms with Gasteiger partial charge >= 0.3 is 19.8 Å². The van der Waals surface area contributed by atoms with Crippen LogP contribution in [0.25, 0.3) is 0 Å². The van der Waals surface area contributed by atoms with E-state index in [0.29, 0.717) is 32.1 Å². The molecular formula is C41H74NO12P. The number of unbranched alkanes of at least 4 members (excludes halogenated alkanes) is 12. The van der Waals surface area contributed by atoms with Crippen molar-refractivity contribution in [2.24, 2.45) is 11.7 Å². The normalized spacial score (nSPS) is 21.3. The molecule has 0 bridgehead atoms. The molecule has 13 nitrogen and oxygen atoms in total. The van der Waals surface area contributed by atoms with Crippen molar-refractivity contribution >= 4 is 19.8 Å². The number of esters is 2. The maximum absolute atomic E-state index is 12.6. The number of hydrogen-bond donors (Lipinski definition) is 5. The smallest absolute Gasteiger partial charge is 0.462 e. The predicted molar refractivity (Wildman–Crippen MR) is 214 cm³/mol. The minimum absolute atomic E-state index is 0.0121. The minimum atomic E-state index is -4.44. The van der Waals surface area contributed by atoms with E-state index in [1.54, 1.807) is 12.2 Å². The van der Waals surface area contributed by atoms with E-state index >= 15 is 0 Å². The van der Waals surface area contributed by atoms with E-state index < -0.39 is 57.1 Å². The van der Waals surface area contributed by atoms with Crippen molar-refractivity contribution in [2.75, 3.05) is 26.4 Å². The molecule has 1 fully saturated rings. The zero-order valence-electron chi connectivity index (χ0n) is 33.7. The lowest BCUT2D eigenvalue weighted by Gasteiger charge is -2.36. The van der Waals surface area contributed by atoms with Gasteiger partial charge in [-0.2, -0.15) is 0 Å². The highest BCUT2D eigenvalue weighted by molar-refractivity contribution is 7.47. The second kappa shape index (κ2) is 33.1. The second-order valence-electron chi connectivity index (χ2n) is 14.4. The van der Waals surface area contributed by atoms with Crippen LogP contribution in [0.2, 0.25) is 0 Å². The summed E-state index contributed by atoms with van der Waals surface area (Å²) >= 11 is 0. The Morgan fingerprint density at radius 3 is 2.15 bits per heavy atom. The van der Waals surface area contributed by atoms with Crippen LogP contribution in [-0.2, 0) is 37.4 Å². The highest BCUT2D eigenvalue weighted by Gasteiger charge is 2.35. The van der Waals surface area contributed by atoms with E-state index in [0.717, 1.165) is 57.8 Å². The van der Waals surface area contributed by atoms with Crippen LogP contribution in [0, 0.1) is 5.92 Å². The Kier molecular flexibility index (Phi) is 30.7. The third kappa shape index (κ3) is 28.2. The summed E-state index contributed by atoms with van der Waals surface area (Å²) in [5.41, 5.74) is 5.33. The largest absolute Gasteiger partial charge is 0.472 e. The minimum Gasteiger partial charge on any atom is -0.462 e. The summed E-state index contributed by atoms with van der Waals surface area (Å²) in [6.45, 7) is 3.27. The van der Waals surface area contributed by atoms with Gasteiger partial charge in [0.1, 0.15) is 6.61 Å². The number of ether oxygens (including phenoxy) is 3. The maximum atomic E-state index is 12.6. The first-order valence-corrected chi connectivity index (χ1v) is 22.4. The Labute approximate surface area is 330 Å². The fraction of sp³-hybridized carbons (Fsp3) is 0.805. The van der Waals surface area contributed by atoms with Crippen molar-refractivity contribution in [3.63, 3.8) is 0 Å². The zero-order chi connectivity index (χ0) is 40.6. The van der Waals surface area contributed by atoms with Gasteiger partial charge < -0.3 is 40.2 Å². The van der Waals surface area contributed by atoms with Gasteiger partial charge in [0.05, 0.1) is 31.5 Å². The Morgan fingerprint density at radius 2 is 1.44 bits per heavy atom. The molecule has 0 saturated carbocycles. The Hall–Kier alpha value is -1.93. The first kappa shape index (κ1) is 51.1. The lowest BCUT2D eigenvalue weighted by molar-refractivity contribution is -0.199. The van der Waals surface area contributed by atoms with Gasteiger partial charge in [0.15, 0.2) is 12.4 Å². The molecular weight excluding hydrogens is 729 g/mol. The molecule has 1 saturated heterocycles. The number of rotatable bonds is 34. The molecule has 2 unspecified atom stereocenters. The Balaban J connectivity index is 2.48. The lowest BCUT2D eigenvalue weighted by atomic mass is 9.87. The molecule has 1 heterocycles. The van der Waals surface area contributed by atoms with Gasteiger partial charge in [-0.1, -0.05) is 108 Å². The van der Waals surface area contributed by atoms with Crippen molar-refractivity contribution < 1.29 is 57.6 Å². The fourth-order valence-electron chi connectivity index (χ4n) is 6.08. The standard InChI is InChI=1S/C41H74NO12P/c1-3-5-7-8-9-10-11-12-13-14-15-16-22-26-40(46)53-35(33-52-55(48,49)51-30-29-42)32-50-39(45)25-21-18-17-20-24-36-37(44)31-41(47)54-38(36)28-27-34(43)23-19-6-4-2/h10-11,17,20,27-28,34-38,41,43-44,47H,3-9,12-16,18-19,21-26,29-33,42H2,1-2H3,(H,48,49)/b11-10-,20-17-,28-27+/t34-,35+,36-,37-,38+,41?/m0/s1. The molecule has 1 rings (SSSR count). The summed E-state index contributed by atoms with van der Waals surface area (Å²) in [7, 11) is -4.44. The molecule has 0 aromatic heterocycles. The average molecular weight is 804 g/mol. The van der Waals surface area contributed by atoms with Crippen LogP contribution in [0.3, 0.4) is 0 Å². The number of carbonyl (C=O) groups excluding carboxylic acids is 2. The molecule has 0 aromatic rings. The molecule has 0 amide bonds. The number of allylic oxidation sites excluding steroid dienone is 4. The molecule has 7 atom stereocenters. The van der Waals surface area contributed by atoms with Gasteiger partial charge in [0.25, 0.3) is 0 Å². The molecule has 1 aliphatic heterocycles. The number of phosphoric ester groups is 1. The van der Waals surface area contributed by atoms with Crippen molar-refractivity contribution in [1.29, 1.82) is 0 Å². The summed E-state index contributed by atoms with van der Waals surface area (Å²) in [6.07, 6.45) is 25.1. The van der Waals surface area contributed by atoms with Crippen LogP contribution in [0.5, 0.6) is 0 Å². The molecule has 0 aliphatic carbocycles. The lowest BCUT2D eigenvalue weighted by Crippen LogP contribution is -2.43. The summed E-state index contributed by atoms with van der Waals surface area (Å²) in [6, 6.07) is 0. The third-order valence-corrected chi connectivity index (χ3v) is 10.3. The molecule has 0 spiro atoms. The average Bonchev–Trinajstić information content (AvgIpc) is 3.15. The first-order chi connectivity index (χ1) is 26.5. The van der Waals surface area contributed by atoms with E-state index in [1.807, 2.05) is 12.2 Å². The van der Waals surface area contributed by atoms with Crippen molar-refractivity contribution in [3.8, 4) is 0 Å². The molecule has 1 aliphatic rings. The van der Waals surface area contributed by atoms with Gasteiger partial charge in [-0.25, -0.2) is 4.57 Å². The van der Waals surface area contributed by atoms with E-state index in [9.17, 15) is 34.4 Å². The van der Waals surface area contributed by atoms with Gasteiger partial charge in [-0.3, -0.25) is 18.6 Å². The van der Waals surface area contributed by atoms with Gasteiger partial charge in [-0.05, 0) is 57.8 Å². The van der Waals surface area contributed by atoms with E-state index in [4.69, 9.17) is 29.0 Å². The maximum Gasteiger partial charge on any atom is 0.472 e. The fourth-order valence-corrected chi connectivity index (χ4v) is 6.84. The molecule has 0 radical (unpaired) electrons. The summed E-state index contributed by atoms with van der Waals surface area (Å²) in [4.78, 5) is 35.0. The van der Waals surface area contributed by atoms with Crippen LogP contribution < -0.4 is 5.73 Å². The van der Waals surface area contributed by atoms with Crippen molar-refractivity contribution in [2.45, 2.75) is 179 Å². The second-order valence-corrected chi connectivity index (χ2v) is 15.8. The highest BCUT2D eigenvalue weighted by atomic mass is 31.2. The predicted octanol–water partition coefficient (Wildman–Crippen LogP) is 7.49. The topological polar surface area (TPSA) is 204 Å². The van der Waals surface area contributed by atoms with Crippen LogP contribution in [0.1, 0.15) is 149 Å². The summed E-state index contributed by atoms with van der Waals surface area (Å²) in [5.74, 6) is -1.34. The number of hydrogen-bond acceptors (Lipinski definition) is 12. The number of aliphatic hydroxyl groups is 3. The molecule has 320 valence electrons. The quantitative estimate of drug-likeness (QED) is 0.0185. The Morgan fingerprint density at radius 1 is 0.818 bits per heavy atom. The number of nitrogens with two attached hydrogens (primary N) is 1. The highest BCUT2D eigenvalue weighted by Crippen LogP contribution is 2.43. The van der Waals surface area contributed by atoms with Crippen molar-refractivity contribution in [1.82, 2.24) is 0 Å². The van der Waals surface area contributed by atoms with Crippen LogP contribution in [0.15, 0.2) is 36.5 Å². The van der Waals surface area contributed by atoms with Gasteiger partial charge in [0, 0.05) is 31.7 Å². The van der Waals surface area contributed by atoms with Crippen LogP contribution in [-0.4, -0.2) is 89.2 Å². The Bertz CT molecular complexity index is 1120. The SMILES string of the molecule is CCCCCC/C=C\CCCCCCCC(=O)O[C@H](COC(=O)CCC/C=C\C[C@H]1[C@@H](O)CC(O)O[C@@H]1/C=C/[C@@H](O)CCCCC)COP(=O)(O)OCCN. The van der Waals surface area contributed by atoms with E-state index in [-0.39, 0.29) is 44.9 Å².